The number of amides is 2. The van der Waals surface area contributed by atoms with Crippen LogP contribution in [0.1, 0.15) is 87.6 Å². The third-order valence-corrected chi connectivity index (χ3v) is 8.42. The first-order valence-corrected chi connectivity index (χ1v) is 13.8. The van der Waals surface area contributed by atoms with Gasteiger partial charge in [0.05, 0.1) is 5.56 Å². The number of piperidine rings is 1. The summed E-state index contributed by atoms with van der Waals surface area (Å²) in [6.07, 6.45) is 0.542. The van der Waals surface area contributed by atoms with Gasteiger partial charge in [0.25, 0.3) is 5.91 Å². The van der Waals surface area contributed by atoms with Gasteiger partial charge in [-0.05, 0) is 68.4 Å². The zero-order valence-electron chi connectivity index (χ0n) is 22.9. The highest BCUT2D eigenvalue weighted by atomic mass is 19.3. The van der Waals surface area contributed by atoms with Crippen LogP contribution in [0.25, 0.3) is 0 Å². The molecule has 1 unspecified atom stereocenters. The van der Waals surface area contributed by atoms with Crippen molar-refractivity contribution in [3.05, 3.63) is 65.5 Å². The molecule has 1 heterocycles. The van der Waals surface area contributed by atoms with Crippen LogP contribution in [0.15, 0.2) is 48.5 Å². The smallest absolute Gasteiger partial charge is 0.256 e. The van der Waals surface area contributed by atoms with Gasteiger partial charge in [-0.15, -0.1) is 0 Å². The minimum Gasteiger partial charge on any atom is -0.338 e. The summed E-state index contributed by atoms with van der Waals surface area (Å²) in [5, 5.41) is 0. The standard InChI is InChI=1S/C31H37F3N2O3/c1-21(2)23-11-12-26(27(32)18-23)29(39)35-16-14-30(15-17-35,22(3)37)20-28(38)36(24-8-5-4-6-9-24)25-10-7-13-31(33,34)19-25/h4-6,8-9,11-12,18,21,25H,7,10,13-17,19-20H2,1-3H3. The number of ketones is 1. The van der Waals surface area contributed by atoms with Crippen LogP contribution in [0, 0.1) is 11.2 Å². The lowest BCUT2D eigenvalue weighted by atomic mass is 9.72. The molecular weight excluding hydrogens is 505 g/mol. The number of hydrogen-bond acceptors (Lipinski definition) is 3. The van der Waals surface area contributed by atoms with Gasteiger partial charge >= 0.3 is 0 Å². The van der Waals surface area contributed by atoms with Crippen LogP contribution < -0.4 is 4.90 Å². The van der Waals surface area contributed by atoms with Gasteiger partial charge in [-0.3, -0.25) is 14.4 Å². The molecule has 0 aromatic heterocycles. The van der Waals surface area contributed by atoms with E-state index in [0.29, 0.717) is 18.5 Å². The molecule has 1 saturated carbocycles. The SMILES string of the molecule is CC(=O)C1(CC(=O)N(c2ccccc2)C2CCCC(F)(F)C2)CCN(C(=O)c2ccc(C(C)C)cc2F)CC1. The molecule has 4 rings (SSSR count). The van der Waals surface area contributed by atoms with Crippen molar-refractivity contribution in [3.63, 3.8) is 0 Å². The molecule has 0 spiro atoms. The molecule has 5 nitrogen and oxygen atoms in total. The number of alkyl halides is 2. The average Bonchev–Trinajstić information content (AvgIpc) is 2.88. The van der Waals surface area contributed by atoms with E-state index in [0.717, 1.165) is 5.56 Å². The maximum atomic E-state index is 14.7. The van der Waals surface area contributed by atoms with Crippen molar-refractivity contribution in [3.8, 4) is 0 Å². The van der Waals surface area contributed by atoms with Crippen molar-refractivity contribution in [2.75, 3.05) is 18.0 Å². The lowest BCUT2D eigenvalue weighted by Gasteiger charge is -2.42. The van der Waals surface area contributed by atoms with Crippen molar-refractivity contribution in [1.82, 2.24) is 4.90 Å². The zero-order valence-corrected chi connectivity index (χ0v) is 22.9. The third kappa shape index (κ3) is 6.36. The summed E-state index contributed by atoms with van der Waals surface area (Å²) in [6, 6.07) is 12.7. The Labute approximate surface area is 228 Å². The Morgan fingerprint density at radius 2 is 1.69 bits per heavy atom. The highest BCUT2D eigenvalue weighted by Crippen LogP contribution is 2.41. The second-order valence-electron chi connectivity index (χ2n) is 11.4. The molecule has 39 heavy (non-hydrogen) atoms. The van der Waals surface area contributed by atoms with Gasteiger partial charge in [-0.2, -0.15) is 0 Å². The lowest BCUT2D eigenvalue weighted by Crippen LogP contribution is -2.51. The van der Waals surface area contributed by atoms with E-state index in [-0.39, 0.29) is 61.9 Å². The molecule has 1 saturated heterocycles. The molecule has 210 valence electrons. The largest absolute Gasteiger partial charge is 0.338 e. The molecule has 2 amide bonds. The molecule has 2 fully saturated rings. The number of anilines is 1. The maximum absolute atomic E-state index is 14.7. The average molecular weight is 543 g/mol. The first-order chi connectivity index (χ1) is 18.4. The number of benzene rings is 2. The molecule has 2 aromatic carbocycles. The minimum atomic E-state index is -2.84. The fraction of sp³-hybridized carbons (Fsp3) is 0.516. The fourth-order valence-electron chi connectivity index (χ4n) is 5.91. The number of rotatable bonds is 7. The number of carbonyl (C=O) groups excluding carboxylic acids is 3. The van der Waals surface area contributed by atoms with Gasteiger partial charge < -0.3 is 9.80 Å². The van der Waals surface area contributed by atoms with Crippen LogP contribution in [0.5, 0.6) is 0 Å². The predicted octanol–water partition coefficient (Wildman–Crippen LogP) is 6.76. The Bertz CT molecular complexity index is 1210. The number of carbonyl (C=O) groups is 3. The summed E-state index contributed by atoms with van der Waals surface area (Å²) in [4.78, 5) is 42.8. The van der Waals surface area contributed by atoms with Crippen LogP contribution in [0.4, 0.5) is 18.9 Å². The van der Waals surface area contributed by atoms with Crippen molar-refractivity contribution in [2.45, 2.75) is 83.6 Å². The molecule has 2 aliphatic rings. The van der Waals surface area contributed by atoms with Crippen LogP contribution >= 0.6 is 0 Å². The maximum Gasteiger partial charge on any atom is 0.256 e. The molecule has 2 aromatic rings. The molecule has 0 bridgehead atoms. The van der Waals surface area contributed by atoms with E-state index in [2.05, 4.69) is 0 Å². The zero-order chi connectivity index (χ0) is 28.4. The first-order valence-electron chi connectivity index (χ1n) is 13.8. The highest BCUT2D eigenvalue weighted by molar-refractivity contribution is 5.98. The minimum absolute atomic E-state index is 0.0146. The Morgan fingerprint density at radius 3 is 2.26 bits per heavy atom. The van der Waals surface area contributed by atoms with Crippen molar-refractivity contribution in [1.29, 1.82) is 0 Å². The van der Waals surface area contributed by atoms with Gasteiger partial charge in [0, 0.05) is 49.5 Å². The summed E-state index contributed by atoms with van der Waals surface area (Å²) >= 11 is 0. The molecule has 1 atom stereocenters. The number of Topliss-reactive ketones (excluding diaryl/α,β-unsaturated/α-hetero) is 1. The first kappa shape index (κ1) is 28.8. The molecule has 8 heteroatoms. The topological polar surface area (TPSA) is 57.7 Å². The van der Waals surface area contributed by atoms with Crippen molar-refractivity contribution in [2.24, 2.45) is 5.41 Å². The highest BCUT2D eigenvalue weighted by Gasteiger charge is 2.45. The van der Waals surface area contributed by atoms with Gasteiger partial charge in [0.2, 0.25) is 11.8 Å². The monoisotopic (exact) mass is 542 g/mol. The Balaban J connectivity index is 1.51. The second kappa shape index (κ2) is 11.5. The van der Waals surface area contributed by atoms with E-state index in [1.54, 1.807) is 36.4 Å². The van der Waals surface area contributed by atoms with Crippen LogP contribution in [0.2, 0.25) is 0 Å². The Morgan fingerprint density at radius 1 is 1.03 bits per heavy atom. The number of likely N-dealkylation sites (tertiary alicyclic amines) is 1. The number of para-hydroxylation sites is 1. The summed E-state index contributed by atoms with van der Waals surface area (Å²) in [5.41, 5.74) is 0.310. The molecule has 0 radical (unpaired) electrons. The van der Waals surface area contributed by atoms with E-state index in [1.807, 2.05) is 13.8 Å². The van der Waals surface area contributed by atoms with Gasteiger partial charge in [0.15, 0.2) is 0 Å². The van der Waals surface area contributed by atoms with E-state index in [4.69, 9.17) is 0 Å². The molecule has 1 aliphatic heterocycles. The van der Waals surface area contributed by atoms with Crippen LogP contribution in [-0.2, 0) is 9.59 Å². The molecule has 0 N–H and O–H groups in total. The third-order valence-electron chi connectivity index (χ3n) is 8.42. The van der Waals surface area contributed by atoms with Crippen molar-refractivity contribution < 1.29 is 27.6 Å². The second-order valence-corrected chi connectivity index (χ2v) is 11.4. The van der Waals surface area contributed by atoms with Crippen LogP contribution in [-0.4, -0.2) is 47.6 Å². The number of nitrogens with zero attached hydrogens (tertiary/aromatic N) is 2. The van der Waals surface area contributed by atoms with Crippen molar-refractivity contribution >= 4 is 23.3 Å². The normalized spacial score (nSPS) is 20.5. The van der Waals surface area contributed by atoms with E-state index >= 15 is 0 Å². The number of halogens is 3. The van der Waals surface area contributed by atoms with E-state index < -0.39 is 35.5 Å². The lowest BCUT2D eigenvalue weighted by molar-refractivity contribution is -0.135. The summed E-state index contributed by atoms with van der Waals surface area (Å²) < 4.78 is 43.4. The molecular formula is C31H37F3N2O3. The summed E-state index contributed by atoms with van der Waals surface area (Å²) in [5.74, 6) is -4.27. The van der Waals surface area contributed by atoms with E-state index in [9.17, 15) is 27.6 Å². The molecule has 1 aliphatic carbocycles. The predicted molar refractivity (Wildman–Crippen MR) is 144 cm³/mol. The van der Waals surface area contributed by atoms with Gasteiger partial charge in [-0.25, -0.2) is 13.2 Å². The Kier molecular flexibility index (Phi) is 8.52. The summed E-state index contributed by atoms with van der Waals surface area (Å²) in [7, 11) is 0. The summed E-state index contributed by atoms with van der Waals surface area (Å²) in [6.45, 7) is 5.73. The van der Waals surface area contributed by atoms with E-state index in [1.165, 1.54) is 28.9 Å². The van der Waals surface area contributed by atoms with Gasteiger partial charge in [0.1, 0.15) is 11.6 Å². The fourth-order valence-corrected chi connectivity index (χ4v) is 5.91. The van der Waals surface area contributed by atoms with Crippen LogP contribution in [0.3, 0.4) is 0 Å². The number of hydrogen-bond donors (Lipinski definition) is 0. The Hall–Kier alpha value is -3.16. The quantitative estimate of drug-likeness (QED) is 0.388. The van der Waals surface area contributed by atoms with Gasteiger partial charge in [-0.1, -0.05) is 38.1 Å².